The Hall–Kier alpha value is -0.130. The molecule has 0 spiro atoms. The van der Waals surface area contributed by atoms with Gasteiger partial charge in [-0.15, -0.1) is 23.5 Å². The first kappa shape index (κ1) is 20.9. The van der Waals surface area contributed by atoms with E-state index in [4.69, 9.17) is 14.3 Å². The van der Waals surface area contributed by atoms with Crippen LogP contribution in [0.25, 0.3) is 0 Å². The zero-order valence-corrected chi connectivity index (χ0v) is 16.6. The summed E-state index contributed by atoms with van der Waals surface area (Å²) < 4.78 is 16.1. The number of phosphoric ester groups is 1. The van der Waals surface area contributed by atoms with E-state index in [0.717, 1.165) is 22.6 Å². The van der Waals surface area contributed by atoms with Crippen LogP contribution in [-0.4, -0.2) is 22.3 Å². The van der Waals surface area contributed by atoms with Crippen molar-refractivity contribution < 1.29 is 18.9 Å². The van der Waals surface area contributed by atoms with Crippen LogP contribution in [0.5, 0.6) is 5.75 Å². The SMILES string of the molecule is CCCCCCCCc1cc(SC)c(OP(=O)(O)O)c(SC)c1. The predicted molar refractivity (Wildman–Crippen MR) is 99.8 cm³/mol. The molecule has 0 saturated carbocycles. The second-order valence-electron chi connectivity index (χ2n) is 5.43. The van der Waals surface area contributed by atoms with Gasteiger partial charge < -0.3 is 4.52 Å². The molecule has 7 heteroatoms. The number of hydrogen-bond donors (Lipinski definition) is 2. The Labute approximate surface area is 148 Å². The largest absolute Gasteiger partial charge is 0.524 e. The third-order valence-electron chi connectivity index (χ3n) is 3.55. The molecule has 0 fully saturated rings. The lowest BCUT2D eigenvalue weighted by Gasteiger charge is -2.16. The maximum absolute atomic E-state index is 11.2. The fourth-order valence-corrected chi connectivity index (χ4v) is 4.23. The summed E-state index contributed by atoms with van der Waals surface area (Å²) in [5.74, 6) is 0.296. The second-order valence-corrected chi connectivity index (χ2v) is 8.29. The van der Waals surface area contributed by atoms with Gasteiger partial charge in [0.1, 0.15) is 0 Å². The van der Waals surface area contributed by atoms with Crippen molar-refractivity contribution in [3.63, 3.8) is 0 Å². The van der Waals surface area contributed by atoms with E-state index in [2.05, 4.69) is 6.92 Å². The summed E-state index contributed by atoms with van der Waals surface area (Å²) in [6.07, 6.45) is 12.3. The molecule has 4 nitrogen and oxygen atoms in total. The Morgan fingerprint density at radius 3 is 2.00 bits per heavy atom. The van der Waals surface area contributed by atoms with Crippen molar-refractivity contribution in [2.24, 2.45) is 0 Å². The minimum Gasteiger partial charge on any atom is -0.402 e. The standard InChI is InChI=1S/C16H27O4PS2/c1-4-5-6-7-8-9-10-13-11-14(22-2)16(15(12-13)23-3)20-21(17,18)19/h11-12H,4-10H2,1-3H3,(H2,17,18,19). The number of thioether (sulfide) groups is 2. The van der Waals surface area contributed by atoms with Gasteiger partial charge in [-0.1, -0.05) is 39.0 Å². The van der Waals surface area contributed by atoms with E-state index in [0.29, 0.717) is 5.75 Å². The van der Waals surface area contributed by atoms with Crippen LogP contribution >= 0.6 is 31.3 Å². The summed E-state index contributed by atoms with van der Waals surface area (Å²) in [7, 11) is -4.55. The lowest BCUT2D eigenvalue weighted by Crippen LogP contribution is -1.96. The van der Waals surface area contributed by atoms with Crippen LogP contribution in [0.15, 0.2) is 21.9 Å². The van der Waals surface area contributed by atoms with Gasteiger partial charge in [-0.05, 0) is 43.0 Å². The molecule has 0 saturated heterocycles. The molecule has 1 rings (SSSR count). The third kappa shape index (κ3) is 7.99. The molecule has 0 aliphatic rings. The number of rotatable bonds is 11. The minimum absolute atomic E-state index is 0.296. The quantitative estimate of drug-likeness (QED) is 0.301. The van der Waals surface area contributed by atoms with E-state index in [1.54, 1.807) is 0 Å². The van der Waals surface area contributed by atoms with Gasteiger partial charge in [-0.2, -0.15) is 0 Å². The van der Waals surface area contributed by atoms with Crippen LogP contribution in [0.3, 0.4) is 0 Å². The van der Waals surface area contributed by atoms with E-state index in [1.165, 1.54) is 61.2 Å². The number of phosphoric acid groups is 1. The Bertz CT molecular complexity index is 506. The summed E-state index contributed by atoms with van der Waals surface area (Å²) in [4.78, 5) is 19.7. The van der Waals surface area contributed by atoms with Gasteiger partial charge in [-0.3, -0.25) is 9.79 Å². The Morgan fingerprint density at radius 1 is 1.00 bits per heavy atom. The molecule has 0 amide bonds. The first-order valence-electron chi connectivity index (χ1n) is 7.91. The zero-order chi connectivity index (χ0) is 17.3. The Morgan fingerprint density at radius 2 is 1.52 bits per heavy atom. The first-order chi connectivity index (χ1) is 10.9. The van der Waals surface area contributed by atoms with Gasteiger partial charge in [0.25, 0.3) is 0 Å². The number of hydrogen-bond acceptors (Lipinski definition) is 4. The topological polar surface area (TPSA) is 66.8 Å². The molecular formula is C16H27O4PS2. The first-order valence-corrected chi connectivity index (χ1v) is 11.9. The average Bonchev–Trinajstić information content (AvgIpc) is 2.50. The molecule has 0 bridgehead atoms. The summed E-state index contributed by atoms with van der Waals surface area (Å²) in [6, 6.07) is 3.98. The summed E-state index contributed by atoms with van der Waals surface area (Å²) in [5, 5.41) is 0. The maximum atomic E-state index is 11.2. The summed E-state index contributed by atoms with van der Waals surface area (Å²) in [5.41, 5.74) is 1.20. The van der Waals surface area contributed by atoms with Gasteiger partial charge in [0, 0.05) is 0 Å². The van der Waals surface area contributed by atoms with Crippen LogP contribution in [0.1, 0.15) is 51.0 Å². The Kier molecular flexibility index (Phi) is 9.71. The highest BCUT2D eigenvalue weighted by molar-refractivity contribution is 7.99. The Balaban J connectivity index is 2.77. The van der Waals surface area contributed by atoms with Crippen LogP contribution in [0.2, 0.25) is 0 Å². The molecule has 0 radical (unpaired) electrons. The molecule has 0 atom stereocenters. The summed E-state index contributed by atoms with van der Waals surface area (Å²) >= 11 is 2.90. The fraction of sp³-hybridized carbons (Fsp3) is 0.625. The van der Waals surface area contributed by atoms with E-state index < -0.39 is 7.82 Å². The molecule has 0 unspecified atom stereocenters. The van der Waals surface area contributed by atoms with Crippen LogP contribution < -0.4 is 4.52 Å². The van der Waals surface area contributed by atoms with Crippen molar-refractivity contribution in [2.75, 3.05) is 12.5 Å². The van der Waals surface area contributed by atoms with Gasteiger partial charge in [0.15, 0.2) is 5.75 Å². The van der Waals surface area contributed by atoms with Gasteiger partial charge in [-0.25, -0.2) is 4.57 Å². The fourth-order valence-electron chi connectivity index (χ4n) is 2.40. The van der Waals surface area contributed by atoms with E-state index in [9.17, 15) is 4.57 Å². The highest BCUT2D eigenvalue weighted by Crippen LogP contribution is 2.46. The molecule has 0 aliphatic heterocycles. The molecule has 2 N–H and O–H groups in total. The molecule has 132 valence electrons. The van der Waals surface area contributed by atoms with Gasteiger partial charge in [0.2, 0.25) is 0 Å². The predicted octanol–water partition coefficient (Wildman–Crippen LogP) is 5.50. The van der Waals surface area contributed by atoms with Crippen LogP contribution in [0.4, 0.5) is 0 Å². The lowest BCUT2D eigenvalue weighted by molar-refractivity contribution is 0.278. The highest BCUT2D eigenvalue weighted by atomic mass is 32.2. The zero-order valence-electron chi connectivity index (χ0n) is 14.1. The molecule has 1 aromatic carbocycles. The number of benzene rings is 1. The van der Waals surface area contributed by atoms with Crippen molar-refractivity contribution in [1.82, 2.24) is 0 Å². The van der Waals surface area contributed by atoms with E-state index in [1.807, 2.05) is 24.6 Å². The monoisotopic (exact) mass is 378 g/mol. The van der Waals surface area contributed by atoms with Crippen molar-refractivity contribution >= 4 is 31.3 Å². The van der Waals surface area contributed by atoms with Gasteiger partial charge >= 0.3 is 7.82 Å². The van der Waals surface area contributed by atoms with Crippen LogP contribution in [-0.2, 0) is 11.0 Å². The van der Waals surface area contributed by atoms with Crippen molar-refractivity contribution in [3.05, 3.63) is 17.7 Å². The maximum Gasteiger partial charge on any atom is 0.524 e. The number of unbranched alkanes of at least 4 members (excludes halogenated alkanes) is 5. The number of aryl methyl sites for hydroxylation is 1. The van der Waals surface area contributed by atoms with Crippen molar-refractivity contribution in [2.45, 2.75) is 61.7 Å². The van der Waals surface area contributed by atoms with Gasteiger partial charge in [0.05, 0.1) is 9.79 Å². The average molecular weight is 378 g/mol. The van der Waals surface area contributed by atoms with Crippen LogP contribution in [0, 0.1) is 0 Å². The molecular weight excluding hydrogens is 351 g/mol. The summed E-state index contributed by atoms with van der Waals surface area (Å²) in [6.45, 7) is 2.22. The highest BCUT2D eigenvalue weighted by Gasteiger charge is 2.21. The molecule has 0 aliphatic carbocycles. The van der Waals surface area contributed by atoms with Crippen molar-refractivity contribution in [1.29, 1.82) is 0 Å². The van der Waals surface area contributed by atoms with E-state index >= 15 is 0 Å². The van der Waals surface area contributed by atoms with E-state index in [-0.39, 0.29) is 0 Å². The van der Waals surface area contributed by atoms with Crippen molar-refractivity contribution in [3.8, 4) is 5.75 Å². The minimum atomic E-state index is -4.55. The molecule has 23 heavy (non-hydrogen) atoms. The third-order valence-corrected chi connectivity index (χ3v) is 5.46. The molecule has 1 aromatic rings. The lowest BCUT2D eigenvalue weighted by atomic mass is 10.0. The molecule has 0 heterocycles. The molecule has 0 aromatic heterocycles. The smallest absolute Gasteiger partial charge is 0.402 e. The second kappa shape index (κ2) is 10.7. The normalized spacial score (nSPS) is 11.7.